The fourth-order valence-electron chi connectivity index (χ4n) is 3.21. The predicted molar refractivity (Wildman–Crippen MR) is 108 cm³/mol. The first kappa shape index (κ1) is 21.1. The van der Waals surface area contributed by atoms with Crippen LogP contribution in [-0.2, 0) is 37.9 Å². The average molecular weight is 440 g/mol. The van der Waals surface area contributed by atoms with Crippen LogP contribution in [0.4, 0.5) is 5.69 Å². The molecule has 9 nitrogen and oxygen atoms in total. The zero-order valence-corrected chi connectivity index (χ0v) is 17.2. The van der Waals surface area contributed by atoms with E-state index in [1.54, 1.807) is 6.07 Å². The van der Waals surface area contributed by atoms with Crippen LogP contribution in [0.2, 0.25) is 0 Å². The summed E-state index contributed by atoms with van der Waals surface area (Å²) in [4.78, 5) is 11.4. The first-order valence-electron chi connectivity index (χ1n) is 8.70. The highest BCUT2D eigenvalue weighted by Gasteiger charge is 2.35. The second-order valence-corrected chi connectivity index (χ2v) is 10.2. The lowest BCUT2D eigenvalue weighted by molar-refractivity contribution is -0.117. The molecule has 0 aromatic heterocycles. The molecule has 3 N–H and O–H groups in total. The van der Waals surface area contributed by atoms with Crippen molar-refractivity contribution in [3.63, 3.8) is 0 Å². The highest BCUT2D eigenvalue weighted by atomic mass is 32.2. The van der Waals surface area contributed by atoms with E-state index in [-0.39, 0.29) is 17.9 Å². The monoisotopic (exact) mass is 439 g/mol. The smallest absolute Gasteiger partial charge is 0.326 e. The van der Waals surface area contributed by atoms with E-state index >= 15 is 0 Å². The Morgan fingerprint density at radius 2 is 1.79 bits per heavy atom. The standard InChI is InChI=1S/C18H21N3O6S2/c1-28(24,25)19-15(9-13-5-3-2-4-6-13)10-14-7-8-16(17(22)11-14)21-12-18(23)20-29(21,26)27/h2-8,11,15,19,22H,9-10,12H2,1H3,(H,20,23)/t15-/m0/s1. The van der Waals surface area contributed by atoms with Gasteiger partial charge in [0.1, 0.15) is 12.3 Å². The summed E-state index contributed by atoms with van der Waals surface area (Å²) in [6.45, 7) is -0.415. The van der Waals surface area contributed by atoms with E-state index < -0.39 is 38.7 Å². The van der Waals surface area contributed by atoms with Crippen LogP contribution in [0.1, 0.15) is 11.1 Å². The van der Waals surface area contributed by atoms with Gasteiger partial charge in [0.15, 0.2) is 0 Å². The topological polar surface area (TPSA) is 133 Å². The Morgan fingerprint density at radius 1 is 1.14 bits per heavy atom. The van der Waals surface area contributed by atoms with Gasteiger partial charge in [-0.3, -0.25) is 4.79 Å². The molecule has 1 amide bonds. The van der Waals surface area contributed by atoms with Crippen LogP contribution in [0, 0.1) is 0 Å². The molecule has 1 aliphatic rings. The average Bonchev–Trinajstić information content (AvgIpc) is 2.86. The number of carbonyl (C=O) groups is 1. The summed E-state index contributed by atoms with van der Waals surface area (Å²) in [6.07, 6.45) is 1.79. The molecule has 0 aliphatic carbocycles. The number of aromatic hydroxyl groups is 1. The number of nitrogens with zero attached hydrogens (tertiary/aromatic N) is 1. The lowest BCUT2D eigenvalue weighted by atomic mass is 9.99. The Morgan fingerprint density at radius 3 is 2.34 bits per heavy atom. The molecule has 2 aromatic rings. The lowest BCUT2D eigenvalue weighted by Gasteiger charge is -2.20. The van der Waals surface area contributed by atoms with Crippen molar-refractivity contribution in [2.75, 3.05) is 17.1 Å². The number of sulfonamides is 1. The van der Waals surface area contributed by atoms with Gasteiger partial charge < -0.3 is 5.11 Å². The largest absolute Gasteiger partial charge is 0.506 e. The van der Waals surface area contributed by atoms with E-state index in [9.17, 15) is 26.7 Å². The van der Waals surface area contributed by atoms with E-state index in [0.29, 0.717) is 12.0 Å². The fourth-order valence-corrected chi connectivity index (χ4v) is 5.14. The molecule has 0 bridgehead atoms. The number of rotatable bonds is 7. The number of carbonyl (C=O) groups excluding carboxylic acids is 1. The van der Waals surface area contributed by atoms with E-state index in [2.05, 4.69) is 4.72 Å². The molecular weight excluding hydrogens is 418 g/mol. The normalized spacial score (nSPS) is 17.1. The molecule has 156 valence electrons. The number of hydrogen-bond acceptors (Lipinski definition) is 6. The summed E-state index contributed by atoms with van der Waals surface area (Å²) in [7, 11) is -7.49. The quantitative estimate of drug-likeness (QED) is 0.567. The minimum atomic E-state index is -4.03. The molecular formula is C18H21N3O6S2. The van der Waals surface area contributed by atoms with Crippen LogP contribution < -0.4 is 13.7 Å². The van der Waals surface area contributed by atoms with Gasteiger partial charge in [0.2, 0.25) is 10.0 Å². The van der Waals surface area contributed by atoms with Gasteiger partial charge in [0.25, 0.3) is 5.91 Å². The van der Waals surface area contributed by atoms with Crippen LogP contribution in [0.15, 0.2) is 48.5 Å². The Balaban J connectivity index is 1.83. The molecule has 1 saturated heterocycles. The van der Waals surface area contributed by atoms with Crippen molar-refractivity contribution in [1.82, 2.24) is 9.44 Å². The predicted octanol–water partition coefficient (Wildman–Crippen LogP) is 0.276. The van der Waals surface area contributed by atoms with Gasteiger partial charge in [-0.05, 0) is 36.1 Å². The van der Waals surface area contributed by atoms with Crippen molar-refractivity contribution in [1.29, 1.82) is 0 Å². The highest BCUT2D eigenvalue weighted by Crippen LogP contribution is 2.31. The summed E-state index contributed by atoms with van der Waals surface area (Å²) in [5.74, 6) is -1.01. The molecule has 3 rings (SSSR count). The number of phenols is 1. The molecule has 0 spiro atoms. The van der Waals surface area contributed by atoms with Gasteiger partial charge >= 0.3 is 10.2 Å². The minimum Gasteiger partial charge on any atom is -0.506 e. The maximum atomic E-state index is 12.0. The van der Waals surface area contributed by atoms with Gasteiger partial charge in [0, 0.05) is 6.04 Å². The summed E-state index contributed by atoms with van der Waals surface area (Å²) in [6, 6.07) is 13.3. The van der Waals surface area contributed by atoms with E-state index in [0.717, 1.165) is 16.1 Å². The number of nitrogens with one attached hydrogen (secondary N) is 2. The third-order valence-corrected chi connectivity index (χ3v) is 6.47. The van der Waals surface area contributed by atoms with E-state index in [1.165, 1.54) is 12.1 Å². The zero-order valence-electron chi connectivity index (χ0n) is 15.6. The number of benzene rings is 2. The van der Waals surface area contributed by atoms with Gasteiger partial charge in [-0.15, -0.1) is 0 Å². The summed E-state index contributed by atoms with van der Waals surface area (Å²) in [5.41, 5.74) is 1.53. The molecule has 2 aromatic carbocycles. The highest BCUT2D eigenvalue weighted by molar-refractivity contribution is 7.92. The Labute approximate surface area is 169 Å². The van der Waals surface area contributed by atoms with Crippen molar-refractivity contribution in [3.05, 3.63) is 59.7 Å². The molecule has 11 heteroatoms. The summed E-state index contributed by atoms with van der Waals surface area (Å²) < 4.78 is 52.6. The van der Waals surface area contributed by atoms with Crippen molar-refractivity contribution < 1.29 is 26.7 Å². The third-order valence-electron chi connectivity index (χ3n) is 4.32. The molecule has 1 aliphatic heterocycles. The number of phenolic OH excluding ortho intramolecular Hbond substituents is 1. The van der Waals surface area contributed by atoms with E-state index in [4.69, 9.17) is 0 Å². The molecule has 29 heavy (non-hydrogen) atoms. The Kier molecular flexibility index (Phi) is 5.82. The van der Waals surface area contributed by atoms with Gasteiger partial charge in [-0.25, -0.2) is 22.2 Å². The van der Waals surface area contributed by atoms with Crippen LogP contribution >= 0.6 is 0 Å². The fraction of sp³-hybridized carbons (Fsp3) is 0.278. The maximum absolute atomic E-state index is 12.0. The molecule has 1 heterocycles. The SMILES string of the molecule is CS(=O)(=O)N[C@@H](Cc1ccccc1)Cc1ccc(N2CC(=O)NS2(=O)=O)c(O)c1. The molecule has 0 saturated carbocycles. The molecule has 0 radical (unpaired) electrons. The summed E-state index contributed by atoms with van der Waals surface area (Å²) >= 11 is 0. The van der Waals surface area contributed by atoms with Crippen LogP contribution in [0.25, 0.3) is 0 Å². The minimum absolute atomic E-state index is 0.0252. The lowest BCUT2D eigenvalue weighted by Crippen LogP contribution is -2.37. The van der Waals surface area contributed by atoms with Gasteiger partial charge in [-0.1, -0.05) is 36.4 Å². The van der Waals surface area contributed by atoms with Crippen molar-refractivity contribution in [2.45, 2.75) is 18.9 Å². The third kappa shape index (κ3) is 5.46. The molecule has 0 unspecified atom stereocenters. The zero-order chi connectivity index (χ0) is 21.2. The molecule has 1 atom stereocenters. The van der Waals surface area contributed by atoms with Crippen molar-refractivity contribution in [3.8, 4) is 5.75 Å². The van der Waals surface area contributed by atoms with Crippen molar-refractivity contribution >= 4 is 31.8 Å². The Bertz CT molecular complexity index is 1120. The van der Waals surface area contributed by atoms with Crippen LogP contribution in [0.3, 0.4) is 0 Å². The van der Waals surface area contributed by atoms with Gasteiger partial charge in [0.05, 0.1) is 11.9 Å². The second-order valence-electron chi connectivity index (χ2n) is 6.84. The number of hydrogen-bond donors (Lipinski definition) is 3. The number of amides is 1. The maximum Gasteiger partial charge on any atom is 0.326 e. The van der Waals surface area contributed by atoms with Crippen LogP contribution in [-0.4, -0.2) is 46.7 Å². The van der Waals surface area contributed by atoms with Crippen molar-refractivity contribution in [2.24, 2.45) is 0 Å². The molecule has 1 fully saturated rings. The first-order valence-corrected chi connectivity index (χ1v) is 12.0. The Hall–Kier alpha value is -2.63. The first-order chi connectivity index (χ1) is 13.5. The second kappa shape index (κ2) is 8.01. The van der Waals surface area contributed by atoms with Gasteiger partial charge in [-0.2, -0.15) is 8.42 Å². The van der Waals surface area contributed by atoms with E-state index in [1.807, 2.05) is 35.1 Å². The van der Waals surface area contributed by atoms with Crippen LogP contribution in [0.5, 0.6) is 5.75 Å². The summed E-state index contributed by atoms with van der Waals surface area (Å²) in [5, 5.41) is 10.3. The number of anilines is 1.